The number of carbonyl (C=O) groups excluding carboxylic acids is 1. The van der Waals surface area contributed by atoms with Gasteiger partial charge in [-0.25, -0.2) is 0 Å². The minimum absolute atomic E-state index is 0.116. The van der Waals surface area contributed by atoms with Crippen molar-refractivity contribution in [3.8, 4) is 0 Å². The Labute approximate surface area is 134 Å². The molecule has 110 valence electrons. The van der Waals surface area contributed by atoms with E-state index in [0.717, 1.165) is 17.6 Å². The summed E-state index contributed by atoms with van der Waals surface area (Å²) in [5.41, 5.74) is 1.63. The minimum atomic E-state index is -0.291. The number of hydrogen-bond acceptors (Lipinski definition) is 4. The number of carbonyl (C=O) groups is 1. The molecule has 0 aromatic rings. The van der Waals surface area contributed by atoms with Crippen LogP contribution in [0.5, 0.6) is 0 Å². The first-order valence-corrected chi connectivity index (χ1v) is 8.07. The average Bonchev–Trinajstić information content (AvgIpc) is 2.67. The first-order valence-electron chi connectivity index (χ1n) is 6.84. The fourth-order valence-electron chi connectivity index (χ4n) is 2.72. The van der Waals surface area contributed by atoms with Gasteiger partial charge in [0.1, 0.15) is 4.32 Å². The quantitative estimate of drug-likeness (QED) is 0.594. The number of allylic oxidation sites excluding steroid dienone is 3. The predicted octanol–water partition coefficient (Wildman–Crippen LogP) is 3.40. The van der Waals surface area contributed by atoms with Crippen molar-refractivity contribution in [2.75, 3.05) is 0 Å². The second-order valence-corrected chi connectivity index (χ2v) is 7.85. The molecule has 3 nitrogen and oxygen atoms in total. The zero-order valence-electron chi connectivity index (χ0n) is 12.2. The first kappa shape index (κ1) is 14.8. The van der Waals surface area contributed by atoms with E-state index in [0.29, 0.717) is 9.23 Å². The molecule has 0 bridgehead atoms. The Morgan fingerprint density at radius 3 is 2.86 bits per heavy atom. The molecule has 1 atom stereocenters. The van der Waals surface area contributed by atoms with Crippen LogP contribution in [-0.2, 0) is 9.53 Å². The molecule has 3 rings (SSSR count). The van der Waals surface area contributed by atoms with Crippen molar-refractivity contribution in [1.29, 1.82) is 0 Å². The second kappa shape index (κ2) is 4.93. The van der Waals surface area contributed by atoms with Crippen LogP contribution in [0.1, 0.15) is 27.2 Å². The number of amides is 1. The van der Waals surface area contributed by atoms with Gasteiger partial charge in [0.15, 0.2) is 0 Å². The Morgan fingerprint density at radius 2 is 2.19 bits per heavy atom. The molecule has 0 spiro atoms. The third kappa shape index (κ3) is 2.91. The van der Waals surface area contributed by atoms with Gasteiger partial charge >= 0.3 is 0 Å². The van der Waals surface area contributed by atoms with E-state index in [1.54, 1.807) is 0 Å². The molecule has 0 aromatic heterocycles. The molecule has 1 N–H and O–H groups in total. The predicted molar refractivity (Wildman–Crippen MR) is 89.9 cm³/mol. The number of ether oxygens (including phenoxy) is 1. The Hall–Kier alpha value is -1.17. The van der Waals surface area contributed by atoms with E-state index in [1.807, 2.05) is 6.08 Å². The molecule has 1 saturated heterocycles. The minimum Gasteiger partial charge on any atom is -0.360 e. The third-order valence-corrected chi connectivity index (χ3v) is 4.92. The molecule has 2 heterocycles. The Morgan fingerprint density at radius 1 is 1.43 bits per heavy atom. The Kier molecular flexibility index (Phi) is 3.47. The van der Waals surface area contributed by atoms with Crippen molar-refractivity contribution in [1.82, 2.24) is 5.32 Å². The summed E-state index contributed by atoms with van der Waals surface area (Å²) in [5, 5.41) is 2.63. The van der Waals surface area contributed by atoms with Crippen LogP contribution in [0.15, 0.2) is 46.4 Å². The molecule has 5 heteroatoms. The topological polar surface area (TPSA) is 38.3 Å². The molecule has 0 aromatic carbocycles. The van der Waals surface area contributed by atoms with Crippen LogP contribution in [0.2, 0.25) is 0 Å². The van der Waals surface area contributed by atoms with Crippen LogP contribution in [0.25, 0.3) is 0 Å². The largest absolute Gasteiger partial charge is 0.360 e. The molecule has 0 radical (unpaired) electrons. The summed E-state index contributed by atoms with van der Waals surface area (Å²) in [6, 6.07) is 0. The van der Waals surface area contributed by atoms with Crippen molar-refractivity contribution >= 4 is 34.2 Å². The van der Waals surface area contributed by atoms with E-state index in [9.17, 15) is 4.79 Å². The number of nitrogens with one attached hydrogen (secondary N) is 1. The van der Waals surface area contributed by atoms with E-state index in [1.165, 1.54) is 11.8 Å². The summed E-state index contributed by atoms with van der Waals surface area (Å²) in [7, 11) is 0. The standard InChI is InChI=1S/C16H17NO2S2/c1-15(2)6-5-11-8-10(4-7-16(11,3)19-15)9-12-13(18)17-14(20)21-12/h4-6,8-9H,7H2,1-3H3,(H,17,18,20)/b12-9-. The summed E-state index contributed by atoms with van der Waals surface area (Å²) in [6.45, 7) is 6.23. The van der Waals surface area contributed by atoms with Crippen LogP contribution in [0, 0.1) is 0 Å². The van der Waals surface area contributed by atoms with E-state index < -0.39 is 0 Å². The van der Waals surface area contributed by atoms with Gasteiger partial charge in [-0.15, -0.1) is 0 Å². The molecular weight excluding hydrogens is 302 g/mol. The van der Waals surface area contributed by atoms with E-state index in [-0.39, 0.29) is 17.1 Å². The van der Waals surface area contributed by atoms with Crippen LogP contribution < -0.4 is 5.32 Å². The van der Waals surface area contributed by atoms with E-state index in [2.05, 4.69) is 50.4 Å². The van der Waals surface area contributed by atoms with Gasteiger partial charge in [-0.2, -0.15) is 0 Å². The second-order valence-electron chi connectivity index (χ2n) is 6.13. The van der Waals surface area contributed by atoms with Crippen molar-refractivity contribution in [3.05, 3.63) is 46.4 Å². The molecule has 1 amide bonds. The van der Waals surface area contributed by atoms with Gasteiger partial charge in [0, 0.05) is 0 Å². The summed E-state index contributed by atoms with van der Waals surface area (Å²) in [6.07, 6.45) is 11.1. The Balaban J connectivity index is 1.89. The van der Waals surface area contributed by atoms with Gasteiger partial charge in [0.25, 0.3) is 5.91 Å². The number of fused-ring (bicyclic) bond motifs is 1. The molecule has 2 aliphatic heterocycles. The SMILES string of the molecule is CC1(C)C=CC2=CC(/C=C3\SC(=S)NC3=O)=CCC2(C)O1. The Bertz CT molecular complexity index is 655. The monoisotopic (exact) mass is 319 g/mol. The summed E-state index contributed by atoms with van der Waals surface area (Å²) < 4.78 is 6.71. The molecule has 1 aliphatic carbocycles. The van der Waals surface area contributed by atoms with Crippen LogP contribution in [-0.4, -0.2) is 21.4 Å². The lowest BCUT2D eigenvalue weighted by Crippen LogP contribution is -2.43. The molecular formula is C16H17NO2S2. The van der Waals surface area contributed by atoms with Crippen molar-refractivity contribution in [2.24, 2.45) is 0 Å². The highest BCUT2D eigenvalue weighted by molar-refractivity contribution is 8.26. The highest BCUT2D eigenvalue weighted by atomic mass is 32.2. The van der Waals surface area contributed by atoms with Gasteiger partial charge in [0.05, 0.1) is 16.1 Å². The highest BCUT2D eigenvalue weighted by Gasteiger charge is 2.38. The number of rotatable bonds is 1. The summed E-state index contributed by atoms with van der Waals surface area (Å²) in [5.74, 6) is -0.116. The maximum atomic E-state index is 11.7. The van der Waals surface area contributed by atoms with Gasteiger partial charge < -0.3 is 10.1 Å². The van der Waals surface area contributed by atoms with Crippen molar-refractivity contribution in [3.63, 3.8) is 0 Å². The van der Waals surface area contributed by atoms with Gasteiger partial charge in [0.2, 0.25) is 0 Å². The number of thiocarbonyl (C=S) groups is 1. The zero-order valence-corrected chi connectivity index (χ0v) is 13.9. The van der Waals surface area contributed by atoms with Gasteiger partial charge in [-0.1, -0.05) is 42.2 Å². The first-order chi connectivity index (χ1) is 9.77. The normalized spacial score (nSPS) is 32.6. The zero-order chi connectivity index (χ0) is 15.3. The van der Waals surface area contributed by atoms with Gasteiger partial charge in [-0.05, 0) is 50.5 Å². The van der Waals surface area contributed by atoms with Gasteiger partial charge in [-0.3, -0.25) is 4.79 Å². The number of thioether (sulfide) groups is 1. The molecule has 21 heavy (non-hydrogen) atoms. The maximum absolute atomic E-state index is 11.7. The third-order valence-electron chi connectivity index (χ3n) is 3.75. The lowest BCUT2D eigenvalue weighted by molar-refractivity contribution is -0.115. The van der Waals surface area contributed by atoms with Crippen LogP contribution in [0.3, 0.4) is 0 Å². The average molecular weight is 319 g/mol. The van der Waals surface area contributed by atoms with E-state index >= 15 is 0 Å². The number of hydrogen-bond donors (Lipinski definition) is 1. The smallest absolute Gasteiger partial charge is 0.263 e. The fraction of sp³-hybridized carbons (Fsp3) is 0.375. The molecule has 3 aliphatic rings. The molecule has 1 unspecified atom stereocenters. The fourth-order valence-corrected chi connectivity index (χ4v) is 3.77. The van der Waals surface area contributed by atoms with Crippen LogP contribution >= 0.6 is 24.0 Å². The lowest BCUT2D eigenvalue weighted by atomic mass is 9.81. The van der Waals surface area contributed by atoms with E-state index in [4.69, 9.17) is 17.0 Å². The van der Waals surface area contributed by atoms with Crippen molar-refractivity contribution < 1.29 is 9.53 Å². The van der Waals surface area contributed by atoms with Crippen LogP contribution in [0.4, 0.5) is 0 Å². The summed E-state index contributed by atoms with van der Waals surface area (Å²) >= 11 is 6.31. The lowest BCUT2D eigenvalue weighted by Gasteiger charge is -2.42. The molecule has 1 fully saturated rings. The maximum Gasteiger partial charge on any atom is 0.263 e. The highest BCUT2D eigenvalue weighted by Crippen LogP contribution is 2.40. The summed E-state index contributed by atoms with van der Waals surface area (Å²) in [4.78, 5) is 12.4. The molecule has 0 saturated carbocycles. The van der Waals surface area contributed by atoms with Crippen molar-refractivity contribution in [2.45, 2.75) is 38.4 Å².